The van der Waals surface area contributed by atoms with Crippen molar-refractivity contribution in [3.63, 3.8) is 0 Å². The first-order valence-corrected chi connectivity index (χ1v) is 10.5. The lowest BCUT2D eigenvalue weighted by molar-refractivity contribution is -0.00768. The number of nitrogens with zero attached hydrogens (tertiary/aromatic N) is 2. The highest BCUT2D eigenvalue weighted by Crippen LogP contribution is 2.62. The van der Waals surface area contributed by atoms with Gasteiger partial charge in [-0.05, 0) is 74.0 Å². The molecule has 4 saturated carbocycles. The van der Waals surface area contributed by atoms with Crippen molar-refractivity contribution in [3.05, 3.63) is 58.4 Å². The molecular formula is C23H23FN4O. The van der Waals surface area contributed by atoms with Crippen molar-refractivity contribution in [1.82, 2.24) is 10.2 Å². The van der Waals surface area contributed by atoms with Gasteiger partial charge in [-0.25, -0.2) is 4.39 Å². The summed E-state index contributed by atoms with van der Waals surface area (Å²) in [5, 5.41) is 17.7. The molecule has 2 heterocycles. The van der Waals surface area contributed by atoms with Crippen molar-refractivity contribution in [2.45, 2.75) is 49.9 Å². The van der Waals surface area contributed by atoms with E-state index in [0.717, 1.165) is 34.6 Å². The average Bonchev–Trinajstić information content (AvgIpc) is 3.11. The summed E-state index contributed by atoms with van der Waals surface area (Å²) >= 11 is 0. The topological polar surface area (TPSA) is 87.7 Å². The van der Waals surface area contributed by atoms with Crippen LogP contribution < -0.4 is 10.5 Å². The Hall–Kier alpha value is -2.81. The zero-order valence-corrected chi connectivity index (χ0v) is 16.1. The number of ether oxygens (including phenoxy) is 1. The van der Waals surface area contributed by atoms with Crippen LogP contribution in [-0.2, 0) is 5.41 Å². The number of H-pyrrole nitrogens is 1. The van der Waals surface area contributed by atoms with E-state index in [2.05, 4.69) is 16.3 Å². The molecule has 1 aromatic carbocycles. The standard InChI is InChI=1S/C23H23FN4O/c24-16-3-1-15(2-4-16)18-17(11-25)21(26)29-22-19(18)20(27-28-22)23-8-12-5-13(9-23)7-14(6-12)10-23/h1-4,12-14,18H,5-10,26H2,(H,27,28)/t12?,13?,14?,18-,23?/m1/s1. The van der Waals surface area contributed by atoms with Gasteiger partial charge in [0.15, 0.2) is 0 Å². The summed E-state index contributed by atoms with van der Waals surface area (Å²) < 4.78 is 19.4. The van der Waals surface area contributed by atoms with Crippen LogP contribution in [0, 0.1) is 34.9 Å². The molecule has 0 spiro atoms. The quantitative estimate of drug-likeness (QED) is 0.803. The first kappa shape index (κ1) is 17.1. The van der Waals surface area contributed by atoms with Crippen LogP contribution in [0.3, 0.4) is 0 Å². The molecular weight excluding hydrogens is 367 g/mol. The summed E-state index contributed by atoms with van der Waals surface area (Å²) in [6.45, 7) is 0. The molecule has 5 aliphatic rings. The van der Waals surface area contributed by atoms with Crippen LogP contribution in [0.2, 0.25) is 0 Å². The Labute approximate surface area is 168 Å². The van der Waals surface area contributed by atoms with E-state index < -0.39 is 0 Å². The number of hydrogen-bond acceptors (Lipinski definition) is 4. The molecule has 1 aromatic heterocycles. The number of halogens is 1. The second-order valence-corrected chi connectivity index (χ2v) is 9.49. The van der Waals surface area contributed by atoms with Crippen LogP contribution >= 0.6 is 0 Å². The van der Waals surface area contributed by atoms with Crippen molar-refractivity contribution < 1.29 is 9.13 Å². The van der Waals surface area contributed by atoms with Crippen LogP contribution in [0.15, 0.2) is 35.7 Å². The van der Waals surface area contributed by atoms with Gasteiger partial charge in [-0.1, -0.05) is 12.1 Å². The van der Waals surface area contributed by atoms with Crippen LogP contribution in [0.4, 0.5) is 4.39 Å². The Bertz CT molecular complexity index is 1030. The molecule has 1 aliphatic heterocycles. The molecule has 29 heavy (non-hydrogen) atoms. The van der Waals surface area contributed by atoms with Gasteiger partial charge in [0.2, 0.25) is 11.8 Å². The molecule has 0 unspecified atom stereocenters. The number of aromatic amines is 1. The second-order valence-electron chi connectivity index (χ2n) is 9.49. The van der Waals surface area contributed by atoms with Crippen molar-refractivity contribution in [1.29, 1.82) is 5.26 Å². The summed E-state index contributed by atoms with van der Waals surface area (Å²) in [5.74, 6) is 2.20. The lowest BCUT2D eigenvalue weighted by Gasteiger charge is -2.56. The molecule has 0 radical (unpaired) electrons. The van der Waals surface area contributed by atoms with E-state index in [1.165, 1.54) is 50.7 Å². The lowest BCUT2D eigenvalue weighted by Crippen LogP contribution is -2.49. The molecule has 4 aliphatic carbocycles. The molecule has 4 fully saturated rings. The molecule has 2 aromatic rings. The predicted molar refractivity (Wildman–Crippen MR) is 104 cm³/mol. The fourth-order valence-electron chi connectivity index (χ4n) is 7.05. The third-order valence-corrected chi connectivity index (χ3v) is 7.71. The Balaban J connectivity index is 1.53. The van der Waals surface area contributed by atoms with Gasteiger partial charge in [0.25, 0.3) is 0 Å². The van der Waals surface area contributed by atoms with Crippen molar-refractivity contribution in [2.24, 2.45) is 23.5 Å². The Morgan fingerprint density at radius 3 is 2.31 bits per heavy atom. The van der Waals surface area contributed by atoms with Gasteiger partial charge in [0.05, 0.1) is 11.5 Å². The number of fused-ring (bicyclic) bond motifs is 1. The fourth-order valence-corrected chi connectivity index (χ4v) is 7.05. The first-order valence-electron chi connectivity index (χ1n) is 10.5. The highest BCUT2D eigenvalue weighted by molar-refractivity contribution is 5.56. The largest absolute Gasteiger partial charge is 0.420 e. The molecule has 1 atom stereocenters. The predicted octanol–water partition coefficient (Wildman–Crippen LogP) is 4.23. The zero-order valence-electron chi connectivity index (χ0n) is 16.1. The highest BCUT2D eigenvalue weighted by Gasteiger charge is 2.54. The maximum atomic E-state index is 13.6. The Morgan fingerprint density at radius 2 is 1.72 bits per heavy atom. The zero-order chi connectivity index (χ0) is 19.8. The number of nitrogens with two attached hydrogens (primary N) is 1. The minimum Gasteiger partial charge on any atom is -0.420 e. The lowest BCUT2D eigenvalue weighted by atomic mass is 9.48. The molecule has 3 N–H and O–H groups in total. The smallest absolute Gasteiger partial charge is 0.244 e. The van der Waals surface area contributed by atoms with E-state index in [1.54, 1.807) is 12.1 Å². The number of rotatable bonds is 2. The molecule has 6 heteroatoms. The minimum atomic E-state index is -0.383. The van der Waals surface area contributed by atoms with Crippen LogP contribution in [0.1, 0.15) is 61.3 Å². The summed E-state index contributed by atoms with van der Waals surface area (Å²) in [6, 6.07) is 8.57. The first-order chi connectivity index (χ1) is 14.1. The highest BCUT2D eigenvalue weighted by atomic mass is 19.1. The van der Waals surface area contributed by atoms with Gasteiger partial charge in [-0.15, -0.1) is 5.10 Å². The number of nitrogens with one attached hydrogen (secondary N) is 1. The third-order valence-electron chi connectivity index (χ3n) is 7.71. The van der Waals surface area contributed by atoms with Gasteiger partial charge >= 0.3 is 0 Å². The molecule has 5 nitrogen and oxygen atoms in total. The van der Waals surface area contributed by atoms with Gasteiger partial charge < -0.3 is 10.5 Å². The normalized spacial score (nSPS) is 34.6. The van der Waals surface area contributed by atoms with Crippen LogP contribution in [0.25, 0.3) is 0 Å². The van der Waals surface area contributed by atoms with E-state index in [9.17, 15) is 9.65 Å². The SMILES string of the molecule is N#CC1=C(N)Oc2n[nH]c(C34CC5CC(CC(C5)C3)C4)c2[C@@H]1c1ccc(F)cc1. The number of aromatic nitrogens is 2. The summed E-state index contributed by atoms with van der Waals surface area (Å²) in [4.78, 5) is 0. The van der Waals surface area contributed by atoms with Crippen LogP contribution in [-0.4, -0.2) is 10.2 Å². The van der Waals surface area contributed by atoms with Crippen molar-refractivity contribution >= 4 is 0 Å². The number of benzene rings is 1. The van der Waals surface area contributed by atoms with E-state index in [-0.39, 0.29) is 23.0 Å². The molecule has 7 rings (SSSR count). The number of nitriles is 1. The maximum Gasteiger partial charge on any atom is 0.244 e. The van der Waals surface area contributed by atoms with Gasteiger partial charge in [-0.2, -0.15) is 5.26 Å². The van der Waals surface area contributed by atoms with E-state index >= 15 is 0 Å². The summed E-state index contributed by atoms with van der Waals surface area (Å²) in [6.07, 6.45) is 7.57. The molecule has 0 saturated heterocycles. The van der Waals surface area contributed by atoms with E-state index in [1.807, 2.05) is 0 Å². The maximum absolute atomic E-state index is 13.6. The monoisotopic (exact) mass is 390 g/mol. The third kappa shape index (κ3) is 2.40. The van der Waals surface area contributed by atoms with E-state index in [0.29, 0.717) is 11.5 Å². The van der Waals surface area contributed by atoms with Crippen molar-refractivity contribution in [3.8, 4) is 11.9 Å². The Kier molecular flexibility index (Phi) is 3.45. The minimum absolute atomic E-state index is 0.0731. The molecule has 148 valence electrons. The fraction of sp³-hybridized carbons (Fsp3) is 0.478. The van der Waals surface area contributed by atoms with Crippen LogP contribution in [0.5, 0.6) is 5.88 Å². The van der Waals surface area contributed by atoms with Gasteiger partial charge in [0.1, 0.15) is 17.5 Å². The van der Waals surface area contributed by atoms with E-state index in [4.69, 9.17) is 10.5 Å². The Morgan fingerprint density at radius 1 is 1.10 bits per heavy atom. The van der Waals surface area contributed by atoms with Crippen molar-refractivity contribution in [2.75, 3.05) is 0 Å². The molecule has 0 amide bonds. The summed E-state index contributed by atoms with van der Waals surface area (Å²) in [5.41, 5.74) is 9.40. The number of hydrogen-bond donors (Lipinski definition) is 2. The molecule has 4 bridgehead atoms. The number of allylic oxidation sites excluding steroid dienone is 1. The summed E-state index contributed by atoms with van der Waals surface area (Å²) in [7, 11) is 0. The van der Waals surface area contributed by atoms with Gasteiger partial charge in [-0.3, -0.25) is 5.10 Å². The average molecular weight is 390 g/mol. The van der Waals surface area contributed by atoms with Gasteiger partial charge in [0, 0.05) is 11.1 Å². The second kappa shape index (κ2) is 5.85.